The van der Waals surface area contributed by atoms with Crippen LogP contribution in [0.15, 0.2) is 24.3 Å². The van der Waals surface area contributed by atoms with Gasteiger partial charge in [0.15, 0.2) is 0 Å². The molecule has 1 aliphatic heterocycles. The number of aryl methyl sites for hydroxylation is 1. The number of nitrogens with one attached hydrogen (secondary N) is 1. The lowest BCUT2D eigenvalue weighted by molar-refractivity contribution is -0.139. The summed E-state index contributed by atoms with van der Waals surface area (Å²) >= 11 is 0. The molecule has 0 fully saturated rings. The molecule has 1 aromatic rings. The molecule has 1 unspecified atom stereocenters. The van der Waals surface area contributed by atoms with Crippen molar-refractivity contribution in [2.24, 2.45) is 0 Å². The third-order valence-electron chi connectivity index (χ3n) is 3.60. The molecule has 0 saturated carbocycles. The van der Waals surface area contributed by atoms with E-state index < -0.39 is 23.7 Å². The van der Waals surface area contributed by atoms with Gasteiger partial charge in [-0.2, -0.15) is 0 Å². The summed E-state index contributed by atoms with van der Waals surface area (Å²) in [6.07, 6.45) is 1.25. The minimum Gasteiger partial charge on any atom is -0.480 e. The zero-order chi connectivity index (χ0) is 17.0. The second kappa shape index (κ2) is 6.89. The number of hydrogen-bond acceptors (Lipinski definition) is 4. The Morgan fingerprint density at radius 1 is 1.35 bits per heavy atom. The quantitative estimate of drug-likeness (QED) is 0.891. The van der Waals surface area contributed by atoms with Crippen LogP contribution in [0.5, 0.6) is 0 Å². The molecule has 0 aromatic heterocycles. The number of ether oxygens (including phenoxy) is 1. The van der Waals surface area contributed by atoms with Gasteiger partial charge in [-0.25, -0.2) is 9.59 Å². The summed E-state index contributed by atoms with van der Waals surface area (Å²) in [6.45, 7) is 6.21. The number of carboxylic acids is 1. The van der Waals surface area contributed by atoms with Crippen molar-refractivity contribution >= 4 is 17.7 Å². The summed E-state index contributed by atoms with van der Waals surface area (Å²) in [6, 6.07) is 6.94. The van der Waals surface area contributed by atoms with E-state index >= 15 is 0 Å². The summed E-state index contributed by atoms with van der Waals surface area (Å²) in [5, 5.41) is 11.9. The van der Waals surface area contributed by atoms with Crippen LogP contribution in [0.1, 0.15) is 32.8 Å². The van der Waals surface area contributed by atoms with Crippen LogP contribution < -0.4 is 10.2 Å². The first-order valence-corrected chi connectivity index (χ1v) is 7.81. The van der Waals surface area contributed by atoms with Gasteiger partial charge < -0.3 is 20.1 Å². The highest BCUT2D eigenvalue weighted by Gasteiger charge is 2.27. The Hall–Kier alpha value is -2.24. The van der Waals surface area contributed by atoms with E-state index in [-0.39, 0.29) is 6.54 Å². The molecule has 6 nitrogen and oxygen atoms in total. The predicted molar refractivity (Wildman–Crippen MR) is 87.8 cm³/mol. The highest BCUT2D eigenvalue weighted by atomic mass is 16.6. The number of benzene rings is 1. The first kappa shape index (κ1) is 17.1. The first-order valence-electron chi connectivity index (χ1n) is 7.81. The largest absolute Gasteiger partial charge is 0.480 e. The molecule has 0 radical (unpaired) electrons. The van der Waals surface area contributed by atoms with E-state index in [9.17, 15) is 14.7 Å². The van der Waals surface area contributed by atoms with Crippen LogP contribution in [-0.2, 0) is 16.0 Å². The lowest BCUT2D eigenvalue weighted by Crippen LogP contribution is -2.50. The topological polar surface area (TPSA) is 78.9 Å². The third-order valence-corrected chi connectivity index (χ3v) is 3.60. The van der Waals surface area contributed by atoms with E-state index in [1.165, 1.54) is 5.56 Å². The number of carbonyl (C=O) groups excluding carboxylic acids is 1. The number of amides is 1. The van der Waals surface area contributed by atoms with Gasteiger partial charge in [0.05, 0.1) is 0 Å². The summed E-state index contributed by atoms with van der Waals surface area (Å²) < 4.78 is 5.15. The fourth-order valence-corrected chi connectivity index (χ4v) is 2.66. The second-order valence-electron chi connectivity index (χ2n) is 6.72. The van der Waals surface area contributed by atoms with Gasteiger partial charge in [-0.05, 0) is 45.2 Å². The van der Waals surface area contributed by atoms with Gasteiger partial charge in [0.25, 0.3) is 0 Å². The fourth-order valence-electron chi connectivity index (χ4n) is 2.66. The molecular formula is C17H24N2O4. The van der Waals surface area contributed by atoms with Gasteiger partial charge in [-0.15, -0.1) is 0 Å². The van der Waals surface area contributed by atoms with Crippen LogP contribution in [0.3, 0.4) is 0 Å². The maximum atomic E-state index is 11.8. The van der Waals surface area contributed by atoms with E-state index in [4.69, 9.17) is 4.74 Å². The van der Waals surface area contributed by atoms with E-state index in [2.05, 4.69) is 11.4 Å². The van der Waals surface area contributed by atoms with E-state index in [1.807, 2.05) is 23.1 Å². The van der Waals surface area contributed by atoms with Crippen LogP contribution in [0.2, 0.25) is 0 Å². The molecule has 2 rings (SSSR count). The SMILES string of the molecule is CC(C)(C)OC(=O)NC(CN1CCCc2ccccc21)C(=O)O. The Labute approximate surface area is 136 Å². The van der Waals surface area contributed by atoms with Crippen molar-refractivity contribution in [1.82, 2.24) is 5.32 Å². The molecule has 1 aromatic carbocycles. The number of nitrogens with zero attached hydrogens (tertiary/aromatic N) is 1. The molecular weight excluding hydrogens is 296 g/mol. The number of hydrogen-bond donors (Lipinski definition) is 2. The Balaban J connectivity index is 2.06. The normalized spacial score (nSPS) is 15.5. The predicted octanol–water partition coefficient (Wildman–Crippen LogP) is 2.42. The van der Waals surface area contributed by atoms with Crippen LogP contribution in [0, 0.1) is 0 Å². The molecule has 0 saturated heterocycles. The van der Waals surface area contributed by atoms with Crippen LogP contribution in [-0.4, -0.2) is 41.9 Å². The minimum absolute atomic E-state index is 0.214. The van der Waals surface area contributed by atoms with Crippen molar-refractivity contribution in [2.45, 2.75) is 45.3 Å². The minimum atomic E-state index is -1.07. The second-order valence-corrected chi connectivity index (χ2v) is 6.72. The summed E-state index contributed by atoms with van der Waals surface area (Å²) in [4.78, 5) is 25.3. The van der Waals surface area contributed by atoms with Crippen molar-refractivity contribution in [3.8, 4) is 0 Å². The molecule has 0 aliphatic carbocycles. The van der Waals surface area contributed by atoms with Crippen LogP contribution >= 0.6 is 0 Å². The Morgan fingerprint density at radius 2 is 2.04 bits per heavy atom. The fraction of sp³-hybridized carbons (Fsp3) is 0.529. The standard InChI is InChI=1S/C17H24N2O4/c1-17(2,3)23-16(22)18-13(15(20)21)11-19-10-6-8-12-7-4-5-9-14(12)19/h4-5,7,9,13H,6,8,10-11H2,1-3H3,(H,18,22)(H,20,21). The monoisotopic (exact) mass is 320 g/mol. The maximum absolute atomic E-state index is 11.8. The van der Waals surface area contributed by atoms with E-state index in [1.54, 1.807) is 20.8 Å². The zero-order valence-electron chi connectivity index (χ0n) is 13.8. The number of alkyl carbamates (subject to hydrolysis) is 1. The Bertz CT molecular complexity index is 580. The Kier molecular flexibility index (Phi) is 5.13. The summed E-state index contributed by atoms with van der Waals surface area (Å²) in [5.41, 5.74) is 1.58. The number of carbonyl (C=O) groups is 2. The van der Waals surface area contributed by atoms with Crippen LogP contribution in [0.25, 0.3) is 0 Å². The van der Waals surface area contributed by atoms with Gasteiger partial charge in [0, 0.05) is 18.8 Å². The van der Waals surface area contributed by atoms with Gasteiger partial charge >= 0.3 is 12.1 Å². The van der Waals surface area contributed by atoms with Gasteiger partial charge in [0.2, 0.25) is 0 Å². The molecule has 6 heteroatoms. The molecule has 126 valence electrons. The summed E-state index contributed by atoms with van der Waals surface area (Å²) in [7, 11) is 0. The smallest absolute Gasteiger partial charge is 0.408 e. The van der Waals surface area contributed by atoms with Gasteiger partial charge in [-0.1, -0.05) is 18.2 Å². The molecule has 1 aliphatic rings. The molecule has 23 heavy (non-hydrogen) atoms. The first-order chi connectivity index (χ1) is 10.8. The molecule has 2 N–H and O–H groups in total. The zero-order valence-corrected chi connectivity index (χ0v) is 13.8. The molecule has 1 atom stereocenters. The molecule has 0 bridgehead atoms. The van der Waals surface area contributed by atoms with Crippen LogP contribution in [0.4, 0.5) is 10.5 Å². The van der Waals surface area contributed by atoms with Gasteiger partial charge in [-0.3, -0.25) is 0 Å². The lowest BCUT2D eigenvalue weighted by Gasteiger charge is -2.33. The van der Waals surface area contributed by atoms with Crippen molar-refractivity contribution in [1.29, 1.82) is 0 Å². The van der Waals surface area contributed by atoms with Crippen molar-refractivity contribution < 1.29 is 19.4 Å². The number of anilines is 1. The molecule has 0 spiro atoms. The highest BCUT2D eigenvalue weighted by molar-refractivity contribution is 5.81. The van der Waals surface area contributed by atoms with Gasteiger partial charge in [0.1, 0.15) is 11.6 Å². The number of carboxylic acid groups (broad SMARTS) is 1. The van der Waals surface area contributed by atoms with Crippen molar-refractivity contribution in [3.05, 3.63) is 29.8 Å². The van der Waals surface area contributed by atoms with E-state index in [0.717, 1.165) is 25.1 Å². The average molecular weight is 320 g/mol. The number of rotatable bonds is 4. The lowest BCUT2D eigenvalue weighted by atomic mass is 10.0. The third kappa shape index (κ3) is 4.87. The molecule has 1 heterocycles. The molecule has 1 amide bonds. The summed E-state index contributed by atoms with van der Waals surface area (Å²) in [5.74, 6) is -1.07. The Morgan fingerprint density at radius 3 is 2.70 bits per heavy atom. The number of aliphatic carboxylic acids is 1. The maximum Gasteiger partial charge on any atom is 0.408 e. The van der Waals surface area contributed by atoms with Crippen molar-refractivity contribution in [3.63, 3.8) is 0 Å². The van der Waals surface area contributed by atoms with E-state index in [0.29, 0.717) is 0 Å². The average Bonchev–Trinajstić information content (AvgIpc) is 2.44. The van der Waals surface area contributed by atoms with Crippen molar-refractivity contribution in [2.75, 3.05) is 18.0 Å². The highest BCUT2D eigenvalue weighted by Crippen LogP contribution is 2.26. The number of fused-ring (bicyclic) bond motifs is 1. The number of para-hydroxylation sites is 1.